The molecule has 20 heavy (non-hydrogen) atoms. The van der Waals surface area contributed by atoms with Gasteiger partial charge in [-0.3, -0.25) is 10.1 Å². The third-order valence-corrected chi connectivity index (χ3v) is 3.14. The van der Waals surface area contributed by atoms with Gasteiger partial charge in [0.15, 0.2) is 0 Å². The molecule has 0 aliphatic heterocycles. The van der Waals surface area contributed by atoms with Crippen LogP contribution in [0.5, 0.6) is 0 Å². The smallest absolute Gasteiger partial charge is 0.329 e. The Morgan fingerprint density at radius 2 is 2.30 bits per heavy atom. The molecule has 8 heteroatoms. The first-order valence-electron chi connectivity index (χ1n) is 6.79. The van der Waals surface area contributed by atoms with Crippen LogP contribution in [0.4, 0.5) is 17.5 Å². The molecule has 3 N–H and O–H groups in total. The average Bonchev–Trinajstić information content (AvgIpc) is 3.26. The molecule has 0 spiro atoms. The molecule has 1 unspecified atom stereocenters. The Balaban J connectivity index is 2.06. The highest BCUT2D eigenvalue weighted by molar-refractivity contribution is 5.57. The first kappa shape index (κ1) is 14.4. The summed E-state index contributed by atoms with van der Waals surface area (Å²) in [5, 5.41) is 26.6. The lowest BCUT2D eigenvalue weighted by Gasteiger charge is -2.12. The van der Waals surface area contributed by atoms with Crippen molar-refractivity contribution in [2.75, 3.05) is 23.7 Å². The fraction of sp³-hybridized carbons (Fsp3) is 0.667. The topological polar surface area (TPSA) is 113 Å². The van der Waals surface area contributed by atoms with E-state index in [4.69, 9.17) is 0 Å². The van der Waals surface area contributed by atoms with Gasteiger partial charge in [-0.2, -0.15) is 4.98 Å². The van der Waals surface area contributed by atoms with Gasteiger partial charge in [0.05, 0.1) is 11.0 Å². The second-order valence-corrected chi connectivity index (χ2v) is 4.90. The number of anilines is 2. The van der Waals surface area contributed by atoms with Crippen LogP contribution in [-0.2, 0) is 0 Å². The fourth-order valence-electron chi connectivity index (χ4n) is 1.81. The van der Waals surface area contributed by atoms with Gasteiger partial charge in [0, 0.05) is 13.1 Å². The van der Waals surface area contributed by atoms with Gasteiger partial charge in [-0.1, -0.05) is 6.92 Å². The zero-order valence-electron chi connectivity index (χ0n) is 11.4. The van der Waals surface area contributed by atoms with E-state index >= 15 is 0 Å². The molecule has 110 valence electrons. The molecule has 1 saturated carbocycles. The highest BCUT2D eigenvalue weighted by Crippen LogP contribution is 2.33. The number of aromatic nitrogens is 2. The highest BCUT2D eigenvalue weighted by Gasteiger charge is 2.30. The first-order chi connectivity index (χ1) is 9.61. The van der Waals surface area contributed by atoms with Crippen molar-refractivity contribution in [1.29, 1.82) is 0 Å². The summed E-state index contributed by atoms with van der Waals surface area (Å²) in [5.41, 5.74) is -0.185. The molecule has 0 aromatic carbocycles. The van der Waals surface area contributed by atoms with E-state index in [0.717, 1.165) is 19.3 Å². The molecule has 0 bridgehead atoms. The van der Waals surface area contributed by atoms with Crippen LogP contribution in [0.25, 0.3) is 0 Å². The van der Waals surface area contributed by atoms with E-state index in [0.29, 0.717) is 18.4 Å². The van der Waals surface area contributed by atoms with Crippen molar-refractivity contribution in [2.24, 2.45) is 5.92 Å². The Hall–Kier alpha value is -1.96. The number of nitrogens with zero attached hydrogens (tertiary/aromatic N) is 3. The van der Waals surface area contributed by atoms with Crippen LogP contribution >= 0.6 is 0 Å². The summed E-state index contributed by atoms with van der Waals surface area (Å²) < 4.78 is 0. The summed E-state index contributed by atoms with van der Waals surface area (Å²) in [5.74, 6) is 0.797. The summed E-state index contributed by atoms with van der Waals surface area (Å²) in [7, 11) is 0. The number of aliphatic hydroxyl groups excluding tert-OH is 1. The summed E-state index contributed by atoms with van der Waals surface area (Å²) in [6, 6.07) is 0. The maximum atomic E-state index is 10.9. The minimum atomic E-state index is -0.532. The molecule has 2 rings (SSSR count). The van der Waals surface area contributed by atoms with E-state index in [1.54, 1.807) is 0 Å². The van der Waals surface area contributed by atoms with Gasteiger partial charge in [0.2, 0.25) is 11.8 Å². The minimum Gasteiger partial charge on any atom is -0.391 e. The number of aliphatic hydroxyl groups is 1. The van der Waals surface area contributed by atoms with Crippen LogP contribution in [0.2, 0.25) is 0 Å². The van der Waals surface area contributed by atoms with Crippen LogP contribution in [0.3, 0.4) is 0 Å². The van der Waals surface area contributed by atoms with Gasteiger partial charge in [-0.15, -0.1) is 0 Å². The maximum absolute atomic E-state index is 10.9. The Morgan fingerprint density at radius 1 is 1.55 bits per heavy atom. The highest BCUT2D eigenvalue weighted by atomic mass is 16.6. The van der Waals surface area contributed by atoms with Crippen LogP contribution in [0.1, 0.15) is 26.2 Å². The molecule has 1 aliphatic rings. The predicted molar refractivity (Wildman–Crippen MR) is 74.7 cm³/mol. The van der Waals surface area contributed by atoms with E-state index in [1.807, 2.05) is 6.92 Å². The summed E-state index contributed by atoms with van der Waals surface area (Å²) in [6.07, 6.45) is 3.62. The van der Waals surface area contributed by atoms with Gasteiger partial charge in [0.25, 0.3) is 0 Å². The molecule has 1 heterocycles. The monoisotopic (exact) mass is 281 g/mol. The third kappa shape index (κ3) is 3.77. The van der Waals surface area contributed by atoms with E-state index < -0.39 is 11.0 Å². The number of hydrogen-bond donors (Lipinski definition) is 3. The Morgan fingerprint density at radius 3 is 2.90 bits per heavy atom. The molecular weight excluding hydrogens is 262 g/mol. The lowest BCUT2D eigenvalue weighted by atomic mass is 10.2. The lowest BCUT2D eigenvalue weighted by Crippen LogP contribution is -2.22. The zero-order chi connectivity index (χ0) is 14.5. The number of nitro groups is 1. The third-order valence-electron chi connectivity index (χ3n) is 3.14. The molecule has 8 nitrogen and oxygen atoms in total. The van der Waals surface area contributed by atoms with E-state index in [2.05, 4.69) is 20.6 Å². The average molecular weight is 281 g/mol. The summed E-state index contributed by atoms with van der Waals surface area (Å²) >= 11 is 0. The first-order valence-corrected chi connectivity index (χ1v) is 6.79. The number of rotatable bonds is 8. The second-order valence-electron chi connectivity index (χ2n) is 4.90. The van der Waals surface area contributed by atoms with Gasteiger partial charge < -0.3 is 15.7 Å². The zero-order valence-corrected chi connectivity index (χ0v) is 11.4. The minimum absolute atomic E-state index is 0.142. The predicted octanol–water partition coefficient (Wildman–Crippen LogP) is 1.39. The summed E-state index contributed by atoms with van der Waals surface area (Å²) in [4.78, 5) is 18.4. The Labute approximate surface area is 116 Å². The van der Waals surface area contributed by atoms with Crippen molar-refractivity contribution in [3.63, 3.8) is 0 Å². The van der Waals surface area contributed by atoms with Crippen LogP contribution in [-0.4, -0.2) is 39.2 Å². The van der Waals surface area contributed by atoms with Gasteiger partial charge in [-0.05, 0) is 25.2 Å². The van der Waals surface area contributed by atoms with Crippen LogP contribution in [0.15, 0.2) is 6.20 Å². The second kappa shape index (κ2) is 6.47. The molecule has 1 atom stereocenters. The van der Waals surface area contributed by atoms with Crippen molar-refractivity contribution < 1.29 is 10.0 Å². The molecule has 1 aromatic heterocycles. The quantitative estimate of drug-likeness (QED) is 0.487. The van der Waals surface area contributed by atoms with Crippen molar-refractivity contribution in [3.8, 4) is 0 Å². The normalized spacial score (nSPS) is 15.7. The molecular formula is C12H19N5O3. The fourth-order valence-corrected chi connectivity index (χ4v) is 1.81. The van der Waals surface area contributed by atoms with E-state index in [1.165, 1.54) is 6.20 Å². The number of nitrogens with one attached hydrogen (secondary N) is 2. The molecule has 0 radical (unpaired) electrons. The lowest BCUT2D eigenvalue weighted by molar-refractivity contribution is -0.384. The van der Waals surface area contributed by atoms with Crippen molar-refractivity contribution in [1.82, 2.24) is 9.97 Å². The van der Waals surface area contributed by atoms with E-state index in [9.17, 15) is 15.2 Å². The van der Waals surface area contributed by atoms with Gasteiger partial charge in [0.1, 0.15) is 6.20 Å². The molecule has 0 amide bonds. The van der Waals surface area contributed by atoms with E-state index in [-0.39, 0.29) is 18.1 Å². The van der Waals surface area contributed by atoms with Crippen LogP contribution in [0, 0.1) is 16.0 Å². The molecule has 1 aliphatic carbocycles. The molecule has 1 fully saturated rings. The SMILES string of the molecule is CCCNc1ncc([N+](=O)[O-])c(NCC(O)C2CC2)n1. The molecule has 1 aromatic rings. The van der Waals surface area contributed by atoms with Crippen molar-refractivity contribution in [2.45, 2.75) is 32.3 Å². The van der Waals surface area contributed by atoms with Gasteiger partial charge >= 0.3 is 5.69 Å². The van der Waals surface area contributed by atoms with Gasteiger partial charge in [-0.25, -0.2) is 4.98 Å². The molecule has 0 saturated heterocycles. The Bertz CT molecular complexity index is 478. The van der Waals surface area contributed by atoms with Crippen LogP contribution < -0.4 is 10.6 Å². The van der Waals surface area contributed by atoms with Crippen molar-refractivity contribution in [3.05, 3.63) is 16.3 Å². The number of hydrogen-bond acceptors (Lipinski definition) is 7. The summed E-state index contributed by atoms with van der Waals surface area (Å²) in [6.45, 7) is 2.96. The standard InChI is InChI=1S/C12H19N5O3/c1-2-5-13-12-15-6-9(17(19)20)11(16-12)14-7-10(18)8-3-4-8/h6,8,10,18H,2-5,7H2,1H3,(H2,13,14,15,16). The largest absolute Gasteiger partial charge is 0.391 e. The van der Waals surface area contributed by atoms with Crippen molar-refractivity contribution >= 4 is 17.5 Å². The maximum Gasteiger partial charge on any atom is 0.329 e. The Kier molecular flexibility index (Phi) is 4.67.